The first kappa shape index (κ1) is 18.6. The van der Waals surface area contributed by atoms with Crippen LogP contribution in [0, 0.1) is 5.92 Å². The van der Waals surface area contributed by atoms with Crippen molar-refractivity contribution in [3.63, 3.8) is 0 Å². The van der Waals surface area contributed by atoms with Crippen molar-refractivity contribution in [2.24, 2.45) is 11.7 Å². The second kappa shape index (κ2) is 8.90. The van der Waals surface area contributed by atoms with Crippen molar-refractivity contribution in [1.82, 2.24) is 4.90 Å². The van der Waals surface area contributed by atoms with Gasteiger partial charge in [-0.1, -0.05) is 26.0 Å². The van der Waals surface area contributed by atoms with E-state index in [1.807, 2.05) is 13.8 Å². The summed E-state index contributed by atoms with van der Waals surface area (Å²) in [5.74, 6) is -0.289. The Balaban J connectivity index is 2.79. The van der Waals surface area contributed by atoms with Crippen LogP contribution in [0.5, 0.6) is 0 Å². The Morgan fingerprint density at radius 2 is 1.70 bits per heavy atom. The molecule has 0 aromatic heterocycles. The zero-order chi connectivity index (χ0) is 17.4. The third-order valence-electron chi connectivity index (χ3n) is 3.41. The first-order chi connectivity index (χ1) is 10.9. The number of hydrogen-bond donors (Lipinski definition) is 2. The molecule has 1 aromatic carbocycles. The standard InChI is InChI=1S/C18H25N3O2/c1-5-11-21(12-6-2)18(23)14-7-9-15(10-8-14)20-17(22)16(19)13(3)4/h5-10,13,16H,1-2,11-12,19H2,3-4H3,(H,20,22)/t16-/m0/s1. The van der Waals surface area contributed by atoms with Crippen molar-refractivity contribution in [3.05, 3.63) is 55.1 Å². The lowest BCUT2D eigenvalue weighted by Crippen LogP contribution is -2.39. The highest BCUT2D eigenvalue weighted by atomic mass is 16.2. The fourth-order valence-corrected chi connectivity index (χ4v) is 1.96. The van der Waals surface area contributed by atoms with E-state index in [0.29, 0.717) is 24.3 Å². The van der Waals surface area contributed by atoms with Crippen LogP contribution in [-0.4, -0.2) is 35.8 Å². The fraction of sp³-hybridized carbons (Fsp3) is 0.333. The van der Waals surface area contributed by atoms with Crippen LogP contribution in [0.3, 0.4) is 0 Å². The summed E-state index contributed by atoms with van der Waals surface area (Å²) in [6, 6.07) is 6.18. The number of anilines is 1. The topological polar surface area (TPSA) is 75.4 Å². The lowest BCUT2D eigenvalue weighted by atomic mass is 10.0. The molecule has 5 nitrogen and oxygen atoms in total. The fourth-order valence-electron chi connectivity index (χ4n) is 1.96. The molecule has 5 heteroatoms. The molecule has 1 atom stereocenters. The number of hydrogen-bond acceptors (Lipinski definition) is 3. The Morgan fingerprint density at radius 1 is 1.17 bits per heavy atom. The number of carbonyl (C=O) groups is 2. The summed E-state index contributed by atoms with van der Waals surface area (Å²) < 4.78 is 0. The molecular weight excluding hydrogens is 290 g/mol. The Kier molecular flexibility index (Phi) is 7.22. The molecular formula is C18H25N3O2. The average molecular weight is 315 g/mol. The van der Waals surface area contributed by atoms with Crippen molar-refractivity contribution in [2.75, 3.05) is 18.4 Å². The van der Waals surface area contributed by atoms with Crippen molar-refractivity contribution in [1.29, 1.82) is 0 Å². The molecule has 0 heterocycles. The van der Waals surface area contributed by atoms with Crippen LogP contribution in [0.1, 0.15) is 24.2 Å². The quantitative estimate of drug-likeness (QED) is 0.723. The second-order valence-electron chi connectivity index (χ2n) is 5.62. The third-order valence-corrected chi connectivity index (χ3v) is 3.41. The van der Waals surface area contributed by atoms with Gasteiger partial charge < -0.3 is 16.0 Å². The van der Waals surface area contributed by atoms with Gasteiger partial charge in [0.05, 0.1) is 6.04 Å². The number of nitrogens with zero attached hydrogens (tertiary/aromatic N) is 1. The van der Waals surface area contributed by atoms with Gasteiger partial charge in [-0.25, -0.2) is 0 Å². The Bertz CT molecular complexity index is 554. The van der Waals surface area contributed by atoms with E-state index in [0.717, 1.165) is 0 Å². The summed E-state index contributed by atoms with van der Waals surface area (Å²) in [5.41, 5.74) is 6.95. The first-order valence-electron chi connectivity index (χ1n) is 7.58. The third kappa shape index (κ3) is 5.38. The van der Waals surface area contributed by atoms with Crippen LogP contribution >= 0.6 is 0 Å². The zero-order valence-electron chi connectivity index (χ0n) is 13.8. The van der Waals surface area contributed by atoms with Gasteiger partial charge in [-0.2, -0.15) is 0 Å². The molecule has 0 saturated carbocycles. The van der Waals surface area contributed by atoms with Crippen molar-refractivity contribution >= 4 is 17.5 Å². The molecule has 0 aliphatic carbocycles. The van der Waals surface area contributed by atoms with Crippen LogP contribution in [0.25, 0.3) is 0 Å². The van der Waals surface area contributed by atoms with Crippen molar-refractivity contribution in [3.8, 4) is 0 Å². The summed E-state index contributed by atoms with van der Waals surface area (Å²) in [6.45, 7) is 12.0. The molecule has 0 fully saturated rings. The number of rotatable bonds is 8. The lowest BCUT2D eigenvalue weighted by molar-refractivity contribution is -0.118. The summed E-state index contributed by atoms with van der Waals surface area (Å²) >= 11 is 0. The maximum absolute atomic E-state index is 12.4. The first-order valence-corrected chi connectivity index (χ1v) is 7.58. The zero-order valence-corrected chi connectivity index (χ0v) is 13.8. The van der Waals surface area contributed by atoms with Gasteiger partial charge in [-0.3, -0.25) is 9.59 Å². The van der Waals surface area contributed by atoms with Gasteiger partial charge in [0.25, 0.3) is 5.91 Å². The van der Waals surface area contributed by atoms with Crippen LogP contribution in [0.15, 0.2) is 49.6 Å². The van der Waals surface area contributed by atoms with Gasteiger partial charge in [0.1, 0.15) is 0 Å². The average Bonchev–Trinajstić information content (AvgIpc) is 2.53. The highest BCUT2D eigenvalue weighted by Gasteiger charge is 2.18. The molecule has 0 bridgehead atoms. The number of carbonyl (C=O) groups excluding carboxylic acids is 2. The van der Waals surface area contributed by atoms with E-state index in [1.54, 1.807) is 41.3 Å². The van der Waals surface area contributed by atoms with E-state index in [2.05, 4.69) is 18.5 Å². The Morgan fingerprint density at radius 3 is 2.13 bits per heavy atom. The predicted molar refractivity (Wildman–Crippen MR) is 94.2 cm³/mol. The minimum absolute atomic E-state index is 0.0576. The molecule has 3 N–H and O–H groups in total. The monoisotopic (exact) mass is 315 g/mol. The van der Waals surface area contributed by atoms with Gasteiger partial charge in [0, 0.05) is 24.3 Å². The van der Waals surface area contributed by atoms with Crippen LogP contribution in [-0.2, 0) is 4.79 Å². The van der Waals surface area contributed by atoms with E-state index < -0.39 is 6.04 Å². The molecule has 0 aliphatic rings. The maximum Gasteiger partial charge on any atom is 0.254 e. The number of amides is 2. The molecule has 0 saturated heterocycles. The van der Waals surface area contributed by atoms with E-state index in [4.69, 9.17) is 5.73 Å². The van der Waals surface area contributed by atoms with Crippen LogP contribution in [0.2, 0.25) is 0 Å². The van der Waals surface area contributed by atoms with Gasteiger partial charge >= 0.3 is 0 Å². The van der Waals surface area contributed by atoms with Gasteiger partial charge in [-0.15, -0.1) is 13.2 Å². The Hall–Kier alpha value is -2.40. The van der Waals surface area contributed by atoms with Gasteiger partial charge in [0.15, 0.2) is 0 Å². The largest absolute Gasteiger partial charge is 0.331 e. The smallest absolute Gasteiger partial charge is 0.254 e. The molecule has 0 radical (unpaired) electrons. The molecule has 0 unspecified atom stereocenters. The van der Waals surface area contributed by atoms with E-state index >= 15 is 0 Å². The second-order valence-corrected chi connectivity index (χ2v) is 5.62. The predicted octanol–water partition coefficient (Wildman–Crippen LogP) is 2.42. The van der Waals surface area contributed by atoms with Gasteiger partial charge in [0.2, 0.25) is 5.91 Å². The molecule has 23 heavy (non-hydrogen) atoms. The number of nitrogens with one attached hydrogen (secondary N) is 1. The SMILES string of the molecule is C=CCN(CC=C)C(=O)c1ccc(NC(=O)[C@@H](N)C(C)C)cc1. The summed E-state index contributed by atoms with van der Waals surface area (Å²) in [6.07, 6.45) is 3.34. The minimum atomic E-state index is -0.563. The summed E-state index contributed by atoms with van der Waals surface area (Å²) in [7, 11) is 0. The highest BCUT2D eigenvalue weighted by molar-refractivity contribution is 5.97. The normalized spacial score (nSPS) is 11.7. The van der Waals surface area contributed by atoms with E-state index in [1.165, 1.54) is 0 Å². The van der Waals surface area contributed by atoms with E-state index in [9.17, 15) is 9.59 Å². The van der Waals surface area contributed by atoms with Crippen LogP contribution in [0.4, 0.5) is 5.69 Å². The van der Waals surface area contributed by atoms with Crippen molar-refractivity contribution < 1.29 is 9.59 Å². The molecule has 0 spiro atoms. The van der Waals surface area contributed by atoms with Crippen molar-refractivity contribution in [2.45, 2.75) is 19.9 Å². The molecule has 1 aromatic rings. The van der Waals surface area contributed by atoms with Gasteiger partial charge in [-0.05, 0) is 30.2 Å². The van der Waals surface area contributed by atoms with E-state index in [-0.39, 0.29) is 17.7 Å². The highest BCUT2D eigenvalue weighted by Crippen LogP contribution is 2.13. The number of nitrogens with two attached hydrogens (primary N) is 1. The summed E-state index contributed by atoms with van der Waals surface area (Å²) in [5, 5.41) is 2.75. The molecule has 2 amide bonds. The molecule has 0 aliphatic heterocycles. The Labute approximate surface area is 137 Å². The minimum Gasteiger partial charge on any atom is -0.331 e. The number of benzene rings is 1. The molecule has 124 valence electrons. The molecule has 1 rings (SSSR count). The van der Waals surface area contributed by atoms with Crippen LogP contribution < -0.4 is 11.1 Å². The lowest BCUT2D eigenvalue weighted by Gasteiger charge is -2.19. The summed E-state index contributed by atoms with van der Waals surface area (Å²) in [4.78, 5) is 25.9. The maximum atomic E-state index is 12.4.